The normalized spacial score (nSPS) is 21.8. The van der Waals surface area contributed by atoms with Crippen LogP contribution in [0.25, 0.3) is 22.3 Å². The molecule has 0 radical (unpaired) electrons. The van der Waals surface area contributed by atoms with Crippen LogP contribution in [-0.4, -0.2) is 27.5 Å². The monoisotopic (exact) mass is 410 g/mol. The predicted octanol–water partition coefficient (Wildman–Crippen LogP) is 3.64. The van der Waals surface area contributed by atoms with Crippen LogP contribution in [0.2, 0.25) is 0 Å². The van der Waals surface area contributed by atoms with Crippen molar-refractivity contribution in [2.45, 2.75) is 24.7 Å². The number of amides is 1. The number of carbonyl (C=O) groups is 1. The lowest BCUT2D eigenvalue weighted by molar-refractivity contribution is -0.120. The van der Waals surface area contributed by atoms with Gasteiger partial charge in [0.2, 0.25) is 5.91 Å². The summed E-state index contributed by atoms with van der Waals surface area (Å²) < 4.78 is 1.61. The van der Waals surface area contributed by atoms with E-state index in [2.05, 4.69) is 16.0 Å². The van der Waals surface area contributed by atoms with Gasteiger partial charge in [0.15, 0.2) is 0 Å². The van der Waals surface area contributed by atoms with Gasteiger partial charge in [0, 0.05) is 43.5 Å². The van der Waals surface area contributed by atoms with Crippen LogP contribution < -0.4 is 10.5 Å². The SMILES string of the molecule is Cc1ccnc(-c2cc3c(C4CC45C(=O)N(C)c4ccccc45)cn(C)c(=O)c3[nH]2)c1. The largest absolute Gasteiger partial charge is 0.349 e. The van der Waals surface area contributed by atoms with Gasteiger partial charge in [-0.2, -0.15) is 0 Å². The van der Waals surface area contributed by atoms with Crippen LogP contribution >= 0.6 is 0 Å². The van der Waals surface area contributed by atoms with Crippen LogP contribution in [0.5, 0.6) is 0 Å². The number of aryl methyl sites for hydroxylation is 2. The molecule has 2 atom stereocenters. The fourth-order valence-electron chi connectivity index (χ4n) is 5.30. The summed E-state index contributed by atoms with van der Waals surface area (Å²) in [6, 6.07) is 14.0. The number of nitrogens with zero attached hydrogens (tertiary/aromatic N) is 3. The molecule has 1 saturated carbocycles. The third-order valence-electron chi connectivity index (χ3n) is 6.96. The summed E-state index contributed by atoms with van der Waals surface area (Å²) in [4.78, 5) is 35.8. The maximum atomic E-state index is 13.3. The second-order valence-electron chi connectivity index (χ2n) is 8.80. The molecule has 1 aliphatic carbocycles. The van der Waals surface area contributed by atoms with E-state index in [-0.39, 0.29) is 17.4 Å². The first-order valence-corrected chi connectivity index (χ1v) is 10.4. The number of nitrogens with one attached hydrogen (secondary N) is 1. The van der Waals surface area contributed by atoms with E-state index in [0.29, 0.717) is 5.52 Å². The molecule has 1 aliphatic heterocycles. The average Bonchev–Trinajstić information content (AvgIpc) is 3.29. The van der Waals surface area contributed by atoms with E-state index in [1.54, 1.807) is 22.7 Å². The molecule has 3 aromatic heterocycles. The van der Waals surface area contributed by atoms with Gasteiger partial charge in [0.1, 0.15) is 5.52 Å². The second kappa shape index (κ2) is 5.94. The number of benzene rings is 1. The molecule has 2 aliphatic rings. The highest BCUT2D eigenvalue weighted by atomic mass is 16.2. The maximum Gasteiger partial charge on any atom is 0.274 e. The van der Waals surface area contributed by atoms with Gasteiger partial charge in [-0.05, 0) is 54.3 Å². The van der Waals surface area contributed by atoms with Gasteiger partial charge in [-0.25, -0.2) is 0 Å². The van der Waals surface area contributed by atoms with Gasteiger partial charge in [0.25, 0.3) is 5.56 Å². The smallest absolute Gasteiger partial charge is 0.274 e. The Kier molecular flexibility index (Phi) is 3.47. The second-order valence-corrected chi connectivity index (χ2v) is 8.80. The Morgan fingerprint density at radius 3 is 2.74 bits per heavy atom. The summed E-state index contributed by atoms with van der Waals surface area (Å²) in [5.41, 5.74) is 5.77. The van der Waals surface area contributed by atoms with Gasteiger partial charge in [-0.3, -0.25) is 14.6 Å². The average molecular weight is 410 g/mol. The maximum absolute atomic E-state index is 13.3. The molecule has 4 aromatic rings. The molecule has 1 N–H and O–H groups in total. The summed E-state index contributed by atoms with van der Waals surface area (Å²) >= 11 is 0. The van der Waals surface area contributed by atoms with E-state index >= 15 is 0 Å². The van der Waals surface area contributed by atoms with Gasteiger partial charge >= 0.3 is 0 Å². The quantitative estimate of drug-likeness (QED) is 0.548. The molecular formula is C25H22N4O2. The van der Waals surface area contributed by atoms with E-state index in [1.165, 1.54) is 0 Å². The van der Waals surface area contributed by atoms with Crippen LogP contribution in [0, 0.1) is 6.92 Å². The topological polar surface area (TPSA) is 71.0 Å². The summed E-state index contributed by atoms with van der Waals surface area (Å²) in [5, 5.41) is 0.878. The number of hydrogen-bond acceptors (Lipinski definition) is 3. The molecule has 0 bridgehead atoms. The number of fused-ring (bicyclic) bond motifs is 3. The lowest BCUT2D eigenvalue weighted by Crippen LogP contribution is -2.29. The Balaban J connectivity index is 1.55. The fourth-order valence-corrected chi connectivity index (χ4v) is 5.30. The number of carbonyl (C=O) groups excluding carboxylic acids is 1. The van der Waals surface area contributed by atoms with Crippen LogP contribution in [0.3, 0.4) is 0 Å². The lowest BCUT2D eigenvalue weighted by atomic mass is 9.91. The molecule has 0 saturated heterocycles. The molecule has 6 rings (SSSR count). The van der Waals surface area contributed by atoms with Crippen molar-refractivity contribution < 1.29 is 4.79 Å². The number of anilines is 1. The molecule has 1 amide bonds. The van der Waals surface area contributed by atoms with Crippen molar-refractivity contribution >= 4 is 22.5 Å². The highest BCUT2D eigenvalue weighted by Gasteiger charge is 2.67. The molecule has 1 aromatic carbocycles. The Morgan fingerprint density at radius 2 is 1.94 bits per heavy atom. The molecule has 6 nitrogen and oxygen atoms in total. The molecule has 31 heavy (non-hydrogen) atoms. The zero-order valence-electron chi connectivity index (χ0n) is 17.6. The van der Waals surface area contributed by atoms with Gasteiger partial charge in [0.05, 0.1) is 16.8 Å². The van der Waals surface area contributed by atoms with Crippen LogP contribution in [-0.2, 0) is 17.3 Å². The number of pyridine rings is 2. The number of H-pyrrole nitrogens is 1. The summed E-state index contributed by atoms with van der Waals surface area (Å²) in [6.45, 7) is 2.02. The van der Waals surface area contributed by atoms with Crippen LogP contribution in [0.15, 0.2) is 59.7 Å². The first-order valence-electron chi connectivity index (χ1n) is 10.4. The standard InChI is InChI=1S/C25H22N4O2/c1-14-8-9-26-19(10-14)20-11-15-16(13-28(2)23(30)22(15)27-20)18-12-25(18)17-6-4-5-7-21(17)29(3)24(25)31/h4-11,13,18,27H,12H2,1-3H3. The first-order chi connectivity index (χ1) is 14.9. The van der Waals surface area contributed by atoms with Crippen molar-refractivity contribution in [2.75, 3.05) is 11.9 Å². The van der Waals surface area contributed by atoms with Crippen LogP contribution in [0.1, 0.15) is 29.0 Å². The number of aromatic amines is 1. The Bertz CT molecular complexity index is 1460. The van der Waals surface area contributed by atoms with E-state index in [9.17, 15) is 9.59 Å². The molecule has 2 unspecified atom stereocenters. The third-order valence-corrected chi connectivity index (χ3v) is 6.96. The zero-order valence-corrected chi connectivity index (χ0v) is 17.6. The Labute approximate surface area is 179 Å². The van der Waals surface area contributed by atoms with Crippen molar-refractivity contribution in [1.29, 1.82) is 0 Å². The number of rotatable bonds is 2. The predicted molar refractivity (Wildman–Crippen MR) is 120 cm³/mol. The molecule has 154 valence electrons. The highest BCUT2D eigenvalue weighted by molar-refractivity contribution is 6.11. The summed E-state index contributed by atoms with van der Waals surface area (Å²) in [6.07, 6.45) is 4.43. The molecule has 1 fully saturated rings. The van der Waals surface area contributed by atoms with Gasteiger partial charge < -0.3 is 14.5 Å². The van der Waals surface area contributed by atoms with Gasteiger partial charge in [-0.1, -0.05) is 18.2 Å². The Morgan fingerprint density at radius 1 is 1.13 bits per heavy atom. The number of aromatic nitrogens is 3. The minimum atomic E-state index is -0.533. The molecule has 1 spiro atoms. The minimum absolute atomic E-state index is 0.0366. The fraction of sp³-hybridized carbons (Fsp3) is 0.240. The van der Waals surface area contributed by atoms with Crippen LogP contribution in [0.4, 0.5) is 5.69 Å². The van der Waals surface area contributed by atoms with Crippen molar-refractivity contribution in [3.05, 3.63) is 81.9 Å². The van der Waals surface area contributed by atoms with Crippen molar-refractivity contribution in [1.82, 2.24) is 14.5 Å². The number of hydrogen-bond donors (Lipinski definition) is 1. The van der Waals surface area contributed by atoms with E-state index in [0.717, 1.165) is 45.6 Å². The summed E-state index contributed by atoms with van der Waals surface area (Å²) in [5.74, 6) is 0.173. The molecule has 6 heteroatoms. The first kappa shape index (κ1) is 18.1. The van der Waals surface area contributed by atoms with Crippen molar-refractivity contribution in [3.63, 3.8) is 0 Å². The van der Waals surface area contributed by atoms with Crippen molar-refractivity contribution in [2.24, 2.45) is 7.05 Å². The number of para-hydroxylation sites is 1. The Hall–Kier alpha value is -3.67. The number of likely N-dealkylation sites (N-methyl/N-ethyl adjacent to an activating group) is 1. The van der Waals surface area contributed by atoms with Gasteiger partial charge in [-0.15, -0.1) is 0 Å². The molecular weight excluding hydrogens is 388 g/mol. The summed E-state index contributed by atoms with van der Waals surface area (Å²) in [7, 11) is 3.61. The van der Waals surface area contributed by atoms with E-state index < -0.39 is 5.41 Å². The van der Waals surface area contributed by atoms with Crippen molar-refractivity contribution in [3.8, 4) is 11.4 Å². The van der Waals surface area contributed by atoms with E-state index in [4.69, 9.17) is 0 Å². The molecule has 4 heterocycles. The highest BCUT2D eigenvalue weighted by Crippen LogP contribution is 2.66. The lowest BCUT2D eigenvalue weighted by Gasteiger charge is -2.12. The van der Waals surface area contributed by atoms with E-state index in [1.807, 2.05) is 56.6 Å². The minimum Gasteiger partial charge on any atom is -0.349 e. The third kappa shape index (κ3) is 2.30. The zero-order chi connectivity index (χ0) is 21.5.